The van der Waals surface area contributed by atoms with E-state index in [0.29, 0.717) is 5.92 Å². The minimum atomic E-state index is 0.673. The molecule has 1 aliphatic carbocycles. The summed E-state index contributed by atoms with van der Waals surface area (Å²) in [6.07, 6.45) is 4.62. The molecule has 1 heterocycles. The van der Waals surface area contributed by atoms with E-state index < -0.39 is 0 Å². The molecule has 3 rings (SSSR count). The van der Waals surface area contributed by atoms with E-state index in [1.807, 2.05) is 0 Å². The second kappa shape index (κ2) is 6.44. The van der Waals surface area contributed by atoms with Crippen LogP contribution in [0.3, 0.4) is 0 Å². The molecule has 21 heavy (non-hydrogen) atoms. The minimum Gasteiger partial charge on any atom is -0.384 e. The molecule has 1 N–H and O–H groups in total. The van der Waals surface area contributed by atoms with Crippen LogP contribution in [-0.4, -0.2) is 25.2 Å². The topological polar surface area (TPSA) is 34.2 Å². The Morgan fingerprint density at radius 2 is 2.19 bits per heavy atom. The van der Waals surface area contributed by atoms with Gasteiger partial charge in [0.05, 0.1) is 12.1 Å². The number of hydrogen-bond donors (Lipinski definition) is 1. The number of benzene rings is 1. The van der Waals surface area contributed by atoms with Crippen LogP contribution >= 0.6 is 0 Å². The fourth-order valence-corrected chi connectivity index (χ4v) is 2.74. The number of nitrogens with zero attached hydrogens (tertiary/aromatic N) is 1. The van der Waals surface area contributed by atoms with Crippen molar-refractivity contribution in [2.24, 2.45) is 0 Å². The number of anilines is 1. The molecule has 0 saturated heterocycles. The summed E-state index contributed by atoms with van der Waals surface area (Å²) in [7, 11) is 1.75. The lowest BCUT2D eigenvalue weighted by atomic mass is 10.0. The Hall–Kier alpha value is -1.61. The normalized spacial score (nSPS) is 14.6. The van der Waals surface area contributed by atoms with E-state index in [9.17, 15) is 0 Å². The van der Waals surface area contributed by atoms with E-state index in [-0.39, 0.29) is 0 Å². The lowest BCUT2D eigenvalue weighted by Crippen LogP contribution is -2.04. The predicted molar refractivity (Wildman–Crippen MR) is 88.1 cm³/mol. The standard InChI is InChI=1S/C18H24N2O/c1-3-10-19-17-12-16(13-7-8-13)20-18-14(9-11-21-2)5-4-6-15(17)18/h4-6,12-13H,3,7-11H2,1-2H3,(H,19,20). The van der Waals surface area contributed by atoms with Gasteiger partial charge in [0, 0.05) is 36.3 Å². The zero-order valence-corrected chi connectivity index (χ0v) is 13.0. The van der Waals surface area contributed by atoms with Crippen molar-refractivity contribution in [3.8, 4) is 0 Å². The maximum Gasteiger partial charge on any atom is 0.0759 e. The Morgan fingerprint density at radius 3 is 2.90 bits per heavy atom. The van der Waals surface area contributed by atoms with E-state index >= 15 is 0 Å². The largest absolute Gasteiger partial charge is 0.384 e. The van der Waals surface area contributed by atoms with Gasteiger partial charge in [-0.2, -0.15) is 0 Å². The van der Waals surface area contributed by atoms with Crippen molar-refractivity contribution in [1.29, 1.82) is 0 Å². The molecule has 1 aromatic heterocycles. The summed E-state index contributed by atoms with van der Waals surface area (Å²) in [5, 5.41) is 4.81. The first-order chi connectivity index (χ1) is 10.3. The molecule has 2 aromatic rings. The molecule has 0 aliphatic heterocycles. The Labute approximate surface area is 126 Å². The minimum absolute atomic E-state index is 0.673. The first-order valence-corrected chi connectivity index (χ1v) is 7.98. The van der Waals surface area contributed by atoms with Gasteiger partial charge in [0.15, 0.2) is 0 Å². The molecule has 0 radical (unpaired) electrons. The number of aromatic nitrogens is 1. The number of para-hydroxylation sites is 1. The van der Waals surface area contributed by atoms with Gasteiger partial charge in [0.2, 0.25) is 0 Å². The Kier molecular flexibility index (Phi) is 4.39. The fourth-order valence-electron chi connectivity index (χ4n) is 2.74. The summed E-state index contributed by atoms with van der Waals surface area (Å²) in [5.74, 6) is 0.673. The number of nitrogens with one attached hydrogen (secondary N) is 1. The third-order valence-corrected chi connectivity index (χ3v) is 4.08. The molecule has 0 atom stereocenters. The summed E-state index contributed by atoms with van der Waals surface area (Å²) in [6, 6.07) is 8.74. The Bertz CT molecular complexity index is 620. The zero-order valence-electron chi connectivity index (χ0n) is 13.0. The molecular weight excluding hydrogens is 260 g/mol. The van der Waals surface area contributed by atoms with Crippen LogP contribution in [-0.2, 0) is 11.2 Å². The first kappa shape index (κ1) is 14.3. The van der Waals surface area contributed by atoms with Gasteiger partial charge in [-0.3, -0.25) is 4.98 Å². The Morgan fingerprint density at radius 1 is 1.33 bits per heavy atom. The van der Waals surface area contributed by atoms with Crippen molar-refractivity contribution in [3.05, 3.63) is 35.5 Å². The van der Waals surface area contributed by atoms with Crippen molar-refractivity contribution >= 4 is 16.6 Å². The number of fused-ring (bicyclic) bond motifs is 1. The fraction of sp³-hybridized carbons (Fsp3) is 0.500. The highest BCUT2D eigenvalue weighted by Crippen LogP contribution is 2.41. The molecule has 1 aromatic carbocycles. The van der Waals surface area contributed by atoms with Crippen LogP contribution in [0.4, 0.5) is 5.69 Å². The van der Waals surface area contributed by atoms with Gasteiger partial charge >= 0.3 is 0 Å². The molecule has 1 fully saturated rings. The lowest BCUT2D eigenvalue weighted by molar-refractivity contribution is 0.202. The highest BCUT2D eigenvalue weighted by molar-refractivity contribution is 5.93. The first-order valence-electron chi connectivity index (χ1n) is 7.98. The smallest absolute Gasteiger partial charge is 0.0759 e. The van der Waals surface area contributed by atoms with Crippen LogP contribution in [0.1, 0.15) is 43.4 Å². The average molecular weight is 284 g/mol. The molecule has 1 saturated carbocycles. The summed E-state index contributed by atoms with van der Waals surface area (Å²) in [5.41, 5.74) is 4.93. The quantitative estimate of drug-likeness (QED) is 0.830. The second-order valence-corrected chi connectivity index (χ2v) is 5.85. The predicted octanol–water partition coefficient (Wildman–Crippen LogP) is 4.12. The van der Waals surface area contributed by atoms with Gasteiger partial charge in [0.25, 0.3) is 0 Å². The monoisotopic (exact) mass is 284 g/mol. The van der Waals surface area contributed by atoms with Gasteiger partial charge < -0.3 is 10.1 Å². The average Bonchev–Trinajstić information content (AvgIpc) is 3.35. The summed E-state index contributed by atoms with van der Waals surface area (Å²) in [4.78, 5) is 4.96. The van der Waals surface area contributed by atoms with E-state index in [0.717, 1.165) is 31.5 Å². The molecule has 3 nitrogen and oxygen atoms in total. The van der Waals surface area contributed by atoms with Crippen LogP contribution in [0.5, 0.6) is 0 Å². The summed E-state index contributed by atoms with van der Waals surface area (Å²) in [6.45, 7) is 3.94. The maximum atomic E-state index is 5.24. The molecular formula is C18H24N2O. The molecule has 0 bridgehead atoms. The van der Waals surface area contributed by atoms with Gasteiger partial charge in [-0.25, -0.2) is 0 Å². The van der Waals surface area contributed by atoms with Crippen molar-refractivity contribution in [1.82, 2.24) is 4.98 Å². The third-order valence-electron chi connectivity index (χ3n) is 4.08. The zero-order chi connectivity index (χ0) is 14.7. The van der Waals surface area contributed by atoms with Crippen molar-refractivity contribution in [3.63, 3.8) is 0 Å². The van der Waals surface area contributed by atoms with E-state index in [2.05, 4.69) is 36.5 Å². The third kappa shape index (κ3) is 3.18. The number of methoxy groups -OCH3 is 1. The van der Waals surface area contributed by atoms with Crippen LogP contribution in [0, 0.1) is 0 Å². The molecule has 0 amide bonds. The van der Waals surface area contributed by atoms with E-state index in [1.54, 1.807) is 7.11 Å². The van der Waals surface area contributed by atoms with E-state index in [4.69, 9.17) is 9.72 Å². The van der Waals surface area contributed by atoms with Crippen LogP contribution in [0.15, 0.2) is 24.3 Å². The lowest BCUT2D eigenvalue weighted by Gasteiger charge is -2.13. The molecule has 3 heteroatoms. The second-order valence-electron chi connectivity index (χ2n) is 5.85. The molecule has 112 valence electrons. The van der Waals surface area contributed by atoms with Crippen molar-refractivity contribution < 1.29 is 4.74 Å². The van der Waals surface area contributed by atoms with Gasteiger partial charge in [-0.05, 0) is 37.3 Å². The van der Waals surface area contributed by atoms with Crippen LogP contribution < -0.4 is 5.32 Å². The van der Waals surface area contributed by atoms with Gasteiger partial charge in [-0.15, -0.1) is 0 Å². The molecule has 0 unspecified atom stereocenters. The highest BCUT2D eigenvalue weighted by Gasteiger charge is 2.26. The molecule has 1 aliphatic rings. The van der Waals surface area contributed by atoms with Crippen LogP contribution in [0.25, 0.3) is 10.9 Å². The Balaban J connectivity index is 2.06. The van der Waals surface area contributed by atoms with Gasteiger partial charge in [0.1, 0.15) is 0 Å². The van der Waals surface area contributed by atoms with Crippen LogP contribution in [0.2, 0.25) is 0 Å². The summed E-state index contributed by atoms with van der Waals surface area (Å²) < 4.78 is 5.24. The number of hydrogen-bond acceptors (Lipinski definition) is 3. The van der Waals surface area contributed by atoms with Gasteiger partial charge in [-0.1, -0.05) is 25.1 Å². The number of ether oxygens (including phenoxy) is 1. The maximum absolute atomic E-state index is 5.24. The summed E-state index contributed by atoms with van der Waals surface area (Å²) >= 11 is 0. The highest BCUT2D eigenvalue weighted by atomic mass is 16.5. The van der Waals surface area contributed by atoms with Crippen molar-refractivity contribution in [2.45, 2.75) is 38.5 Å². The SMILES string of the molecule is CCCNc1cc(C2CC2)nc2c(CCOC)cccc12. The number of pyridine rings is 1. The molecule has 0 spiro atoms. The number of rotatable bonds is 7. The van der Waals surface area contributed by atoms with Crippen molar-refractivity contribution in [2.75, 3.05) is 25.6 Å². The van der Waals surface area contributed by atoms with E-state index in [1.165, 1.54) is 35.2 Å².